The third-order valence-corrected chi connectivity index (χ3v) is 6.30. The van der Waals surface area contributed by atoms with Gasteiger partial charge in [-0.3, -0.25) is 4.79 Å². The van der Waals surface area contributed by atoms with Crippen molar-refractivity contribution in [3.63, 3.8) is 0 Å². The van der Waals surface area contributed by atoms with E-state index in [9.17, 15) is 30.8 Å². The third-order valence-electron chi connectivity index (χ3n) is 3.99. The predicted molar refractivity (Wildman–Crippen MR) is 107 cm³/mol. The van der Waals surface area contributed by atoms with Crippen molar-refractivity contribution < 1.29 is 30.8 Å². The molecule has 3 aromatic rings. The van der Waals surface area contributed by atoms with Gasteiger partial charge in [0.1, 0.15) is 5.82 Å². The molecule has 12 heteroatoms. The summed E-state index contributed by atoms with van der Waals surface area (Å²) in [5.41, 5.74) is -0.270. The van der Waals surface area contributed by atoms with Crippen LogP contribution < -0.4 is 10.0 Å². The zero-order valence-electron chi connectivity index (χ0n) is 15.6. The standard InChI is InChI=1S/C19H15F4N3O3S2/c20-14-6-4-12(5-7-14)8-15-10-24-18(30-15)26-17(27)11-25-31(28,29)16-3-1-2-13(9-16)19(21,22)23/h1-7,9-10,25H,8,11H2,(H,24,26,27). The first-order valence-corrected chi connectivity index (χ1v) is 11.0. The van der Waals surface area contributed by atoms with E-state index >= 15 is 0 Å². The number of halogens is 4. The second kappa shape index (κ2) is 9.12. The molecule has 0 saturated carbocycles. The van der Waals surface area contributed by atoms with Crippen LogP contribution in [0, 0.1) is 5.82 Å². The number of rotatable bonds is 7. The highest BCUT2D eigenvalue weighted by molar-refractivity contribution is 7.89. The maximum absolute atomic E-state index is 13.0. The lowest BCUT2D eigenvalue weighted by molar-refractivity contribution is -0.137. The zero-order chi connectivity index (χ0) is 22.6. The van der Waals surface area contributed by atoms with Crippen LogP contribution in [0.15, 0.2) is 59.6 Å². The van der Waals surface area contributed by atoms with Crippen molar-refractivity contribution in [1.29, 1.82) is 0 Å². The number of carbonyl (C=O) groups is 1. The quantitative estimate of drug-likeness (QED) is 0.511. The molecule has 0 aliphatic rings. The Bertz CT molecular complexity index is 1180. The first-order valence-electron chi connectivity index (χ1n) is 8.69. The van der Waals surface area contributed by atoms with Crippen molar-refractivity contribution in [2.24, 2.45) is 0 Å². The second-order valence-electron chi connectivity index (χ2n) is 6.33. The fraction of sp³-hybridized carbons (Fsp3) is 0.158. The molecule has 2 aromatic carbocycles. The summed E-state index contributed by atoms with van der Waals surface area (Å²) >= 11 is 1.16. The number of anilines is 1. The highest BCUT2D eigenvalue weighted by atomic mass is 32.2. The van der Waals surface area contributed by atoms with Crippen LogP contribution >= 0.6 is 11.3 Å². The van der Waals surface area contributed by atoms with E-state index in [4.69, 9.17) is 0 Å². The average Bonchev–Trinajstić information content (AvgIpc) is 3.14. The molecule has 0 aliphatic carbocycles. The molecule has 0 spiro atoms. The summed E-state index contributed by atoms with van der Waals surface area (Å²) in [6.07, 6.45) is -2.70. The molecule has 2 N–H and O–H groups in total. The Labute approximate surface area is 179 Å². The summed E-state index contributed by atoms with van der Waals surface area (Å²) in [7, 11) is -4.33. The molecule has 1 aromatic heterocycles. The Morgan fingerprint density at radius 3 is 2.48 bits per heavy atom. The number of benzene rings is 2. The van der Waals surface area contributed by atoms with E-state index in [0.717, 1.165) is 40.0 Å². The maximum atomic E-state index is 13.0. The monoisotopic (exact) mass is 473 g/mol. The molecule has 164 valence electrons. The maximum Gasteiger partial charge on any atom is 0.416 e. The van der Waals surface area contributed by atoms with Crippen molar-refractivity contribution in [2.75, 3.05) is 11.9 Å². The van der Waals surface area contributed by atoms with E-state index < -0.39 is 39.1 Å². The molecule has 1 amide bonds. The van der Waals surface area contributed by atoms with Gasteiger partial charge in [0.05, 0.1) is 17.0 Å². The van der Waals surface area contributed by atoms with Crippen LogP contribution in [-0.2, 0) is 27.4 Å². The lowest BCUT2D eigenvalue weighted by Gasteiger charge is -2.10. The Morgan fingerprint density at radius 1 is 1.10 bits per heavy atom. The van der Waals surface area contributed by atoms with Crippen molar-refractivity contribution in [2.45, 2.75) is 17.5 Å². The molecule has 1 heterocycles. The summed E-state index contributed by atoms with van der Waals surface area (Å²) in [5, 5.41) is 2.64. The molecule has 6 nitrogen and oxygen atoms in total. The van der Waals surface area contributed by atoms with E-state index in [2.05, 4.69) is 10.3 Å². The van der Waals surface area contributed by atoms with Gasteiger partial charge in [-0.2, -0.15) is 13.2 Å². The first kappa shape index (κ1) is 22.8. The van der Waals surface area contributed by atoms with Crippen molar-refractivity contribution in [1.82, 2.24) is 9.71 Å². The molecule has 0 saturated heterocycles. The molecule has 31 heavy (non-hydrogen) atoms. The Balaban J connectivity index is 1.58. The highest BCUT2D eigenvalue weighted by Crippen LogP contribution is 2.30. The Hall–Kier alpha value is -2.83. The van der Waals surface area contributed by atoms with Crippen LogP contribution in [0.3, 0.4) is 0 Å². The van der Waals surface area contributed by atoms with E-state index in [1.54, 1.807) is 12.1 Å². The van der Waals surface area contributed by atoms with Crippen LogP contribution in [0.2, 0.25) is 0 Å². The first-order chi connectivity index (χ1) is 14.5. The van der Waals surface area contributed by atoms with Gasteiger partial charge < -0.3 is 5.32 Å². The lowest BCUT2D eigenvalue weighted by atomic mass is 10.1. The van der Waals surface area contributed by atoms with Crippen molar-refractivity contribution in [3.05, 3.63) is 76.5 Å². The number of amides is 1. The van der Waals surface area contributed by atoms with Crippen LogP contribution in [0.1, 0.15) is 16.0 Å². The Morgan fingerprint density at radius 2 is 1.81 bits per heavy atom. The number of sulfonamides is 1. The average molecular weight is 473 g/mol. The molecule has 0 aliphatic heterocycles. The van der Waals surface area contributed by atoms with Gasteiger partial charge in [-0.25, -0.2) is 22.5 Å². The Kier molecular flexibility index (Phi) is 6.72. The number of nitrogens with zero attached hydrogens (tertiary/aromatic N) is 1. The smallest absolute Gasteiger partial charge is 0.301 e. The number of hydrogen-bond acceptors (Lipinski definition) is 5. The molecule has 0 bridgehead atoms. The molecule has 0 radical (unpaired) electrons. The second-order valence-corrected chi connectivity index (χ2v) is 9.22. The van der Waals surface area contributed by atoms with Gasteiger partial charge in [0.15, 0.2) is 5.13 Å². The number of aromatic nitrogens is 1. The molecule has 0 unspecified atom stereocenters. The van der Waals surface area contributed by atoms with Gasteiger partial charge in [0.2, 0.25) is 15.9 Å². The topological polar surface area (TPSA) is 88.2 Å². The molecule has 3 rings (SSSR count). The summed E-state index contributed by atoms with van der Waals surface area (Å²) in [4.78, 5) is 16.2. The summed E-state index contributed by atoms with van der Waals surface area (Å²) < 4.78 is 77.6. The fourth-order valence-corrected chi connectivity index (χ4v) is 4.39. The van der Waals surface area contributed by atoms with Gasteiger partial charge in [0.25, 0.3) is 0 Å². The molecular weight excluding hydrogens is 458 g/mol. The van der Waals surface area contributed by atoms with Gasteiger partial charge in [-0.1, -0.05) is 18.2 Å². The summed E-state index contributed by atoms with van der Waals surface area (Å²) in [5.74, 6) is -1.09. The van der Waals surface area contributed by atoms with Crippen molar-refractivity contribution in [3.8, 4) is 0 Å². The minimum absolute atomic E-state index is 0.223. The number of thiazole rings is 1. The van der Waals surface area contributed by atoms with Crippen LogP contribution in [0.4, 0.5) is 22.7 Å². The van der Waals surface area contributed by atoms with Crippen LogP contribution in [-0.4, -0.2) is 25.9 Å². The van der Waals surface area contributed by atoms with Gasteiger partial charge >= 0.3 is 6.18 Å². The summed E-state index contributed by atoms with van der Waals surface area (Å²) in [6, 6.07) is 9.10. The molecule has 0 atom stereocenters. The highest BCUT2D eigenvalue weighted by Gasteiger charge is 2.31. The third kappa shape index (κ3) is 6.32. The number of carbonyl (C=O) groups excluding carboxylic acids is 1. The van der Waals surface area contributed by atoms with E-state index in [1.165, 1.54) is 18.3 Å². The number of nitrogens with one attached hydrogen (secondary N) is 2. The van der Waals surface area contributed by atoms with Crippen LogP contribution in [0.25, 0.3) is 0 Å². The van der Waals surface area contributed by atoms with Gasteiger partial charge in [-0.15, -0.1) is 11.3 Å². The molecule has 0 fully saturated rings. The van der Waals surface area contributed by atoms with Gasteiger partial charge in [0, 0.05) is 17.5 Å². The normalized spacial score (nSPS) is 12.0. The van der Waals surface area contributed by atoms with E-state index in [-0.39, 0.29) is 10.9 Å². The number of alkyl halides is 3. The molecular formula is C19H15F4N3O3S2. The van der Waals surface area contributed by atoms with Gasteiger partial charge in [-0.05, 0) is 35.9 Å². The summed E-state index contributed by atoms with van der Waals surface area (Å²) in [6.45, 7) is -0.689. The predicted octanol–water partition coefficient (Wildman–Crippen LogP) is 3.81. The van der Waals surface area contributed by atoms with Crippen molar-refractivity contribution >= 4 is 32.4 Å². The minimum atomic E-state index is -4.70. The minimum Gasteiger partial charge on any atom is -0.301 e. The SMILES string of the molecule is O=C(CNS(=O)(=O)c1cccc(C(F)(F)F)c1)Nc1ncc(Cc2ccc(F)cc2)s1. The van der Waals surface area contributed by atoms with E-state index in [0.29, 0.717) is 12.5 Å². The van der Waals surface area contributed by atoms with Crippen LogP contribution in [0.5, 0.6) is 0 Å². The fourth-order valence-electron chi connectivity index (χ4n) is 2.50. The largest absolute Gasteiger partial charge is 0.416 e. The zero-order valence-corrected chi connectivity index (χ0v) is 17.2. The number of hydrogen-bond donors (Lipinski definition) is 2. The van der Waals surface area contributed by atoms with E-state index in [1.807, 2.05) is 4.72 Å². The lowest BCUT2D eigenvalue weighted by Crippen LogP contribution is -2.33.